The molecule has 1 unspecified atom stereocenters. The highest BCUT2D eigenvalue weighted by molar-refractivity contribution is 5.92. The van der Waals surface area contributed by atoms with Gasteiger partial charge in [0.05, 0.1) is 0 Å². The molecular weight excluding hydrogens is 330 g/mol. The van der Waals surface area contributed by atoms with E-state index in [1.807, 2.05) is 20.0 Å². The van der Waals surface area contributed by atoms with Crippen LogP contribution in [0.15, 0.2) is 59.8 Å². The minimum absolute atomic E-state index is 0.223. The monoisotopic (exact) mass is 365 g/mol. The van der Waals surface area contributed by atoms with E-state index in [2.05, 4.69) is 68.1 Å². The molecule has 1 atom stereocenters. The molecule has 1 aromatic carbocycles. The Bertz CT molecular complexity index is 735. The van der Waals surface area contributed by atoms with E-state index < -0.39 is 0 Å². The summed E-state index contributed by atoms with van der Waals surface area (Å²) in [6, 6.07) is 8.52. The van der Waals surface area contributed by atoms with Gasteiger partial charge in [-0.25, -0.2) is 0 Å². The largest absolute Gasteiger partial charge is 0.330 e. The lowest BCUT2D eigenvalue weighted by atomic mass is 9.94. The lowest BCUT2D eigenvalue weighted by molar-refractivity contribution is 0.483. The van der Waals surface area contributed by atoms with Gasteiger partial charge in [0.1, 0.15) is 5.84 Å². The zero-order chi connectivity index (χ0) is 20.6. The quantitative estimate of drug-likeness (QED) is 0.312. The minimum atomic E-state index is 0.223. The lowest BCUT2D eigenvalue weighted by Gasteiger charge is -2.32. The van der Waals surface area contributed by atoms with E-state index >= 15 is 0 Å². The van der Waals surface area contributed by atoms with Crippen LogP contribution in [-0.2, 0) is 0 Å². The van der Waals surface area contributed by atoms with Crippen molar-refractivity contribution in [3.63, 3.8) is 0 Å². The van der Waals surface area contributed by atoms with Crippen LogP contribution in [0, 0.1) is 18.3 Å². The fourth-order valence-electron chi connectivity index (χ4n) is 3.21. The highest BCUT2D eigenvalue weighted by Gasteiger charge is 2.21. The lowest BCUT2D eigenvalue weighted by Crippen LogP contribution is -2.35. The predicted molar refractivity (Wildman–Crippen MR) is 121 cm³/mol. The van der Waals surface area contributed by atoms with Crippen molar-refractivity contribution >= 4 is 17.1 Å². The highest BCUT2D eigenvalue weighted by atomic mass is 15.2. The Morgan fingerprint density at radius 2 is 1.81 bits per heavy atom. The van der Waals surface area contributed by atoms with Crippen molar-refractivity contribution < 1.29 is 0 Å². The first kappa shape index (κ1) is 22.6. The number of aryl methyl sites for hydroxylation is 1. The van der Waals surface area contributed by atoms with Crippen LogP contribution in [0.3, 0.4) is 0 Å². The number of benzene rings is 1. The van der Waals surface area contributed by atoms with Gasteiger partial charge in [0, 0.05) is 30.9 Å². The molecular formula is C24H35N3. The third-order valence-corrected chi connectivity index (χ3v) is 4.62. The molecule has 3 heteroatoms. The number of allylic oxidation sites excluding steroid dienone is 3. The van der Waals surface area contributed by atoms with Crippen LogP contribution in [0.2, 0.25) is 0 Å². The minimum Gasteiger partial charge on any atom is -0.330 e. The SMILES string of the molecule is C=C(CC(C)/C(=N/C)N(CCC)C(=C)/C(C)=C/C(C)=N)c1ccc(C)cc1. The van der Waals surface area contributed by atoms with Gasteiger partial charge in [-0.2, -0.15) is 0 Å². The van der Waals surface area contributed by atoms with Crippen molar-refractivity contribution in [2.45, 2.75) is 47.5 Å². The summed E-state index contributed by atoms with van der Waals surface area (Å²) in [6.45, 7) is 19.7. The third kappa shape index (κ3) is 6.67. The maximum Gasteiger partial charge on any atom is 0.106 e. The van der Waals surface area contributed by atoms with Crippen LogP contribution in [0.4, 0.5) is 0 Å². The molecule has 0 fully saturated rings. The van der Waals surface area contributed by atoms with Crippen molar-refractivity contribution in [3.8, 4) is 0 Å². The average Bonchev–Trinajstić information content (AvgIpc) is 2.60. The van der Waals surface area contributed by atoms with E-state index in [0.717, 1.165) is 42.1 Å². The van der Waals surface area contributed by atoms with Gasteiger partial charge in [-0.15, -0.1) is 0 Å². The number of rotatable bonds is 9. The van der Waals surface area contributed by atoms with Crippen LogP contribution in [0.1, 0.15) is 51.7 Å². The summed E-state index contributed by atoms with van der Waals surface area (Å²) in [4.78, 5) is 6.81. The molecule has 0 aromatic heterocycles. The van der Waals surface area contributed by atoms with E-state index in [-0.39, 0.29) is 5.92 Å². The molecule has 0 aliphatic rings. The van der Waals surface area contributed by atoms with Crippen molar-refractivity contribution in [2.24, 2.45) is 10.9 Å². The van der Waals surface area contributed by atoms with Gasteiger partial charge in [-0.1, -0.05) is 56.8 Å². The van der Waals surface area contributed by atoms with Crippen LogP contribution in [0.25, 0.3) is 5.57 Å². The summed E-state index contributed by atoms with van der Waals surface area (Å²) in [5, 5.41) is 7.72. The third-order valence-electron chi connectivity index (χ3n) is 4.62. The number of aliphatic imine (C=N–C) groups is 1. The van der Waals surface area contributed by atoms with Gasteiger partial charge in [-0.05, 0) is 56.4 Å². The molecule has 27 heavy (non-hydrogen) atoms. The second-order valence-electron chi connectivity index (χ2n) is 7.27. The van der Waals surface area contributed by atoms with Gasteiger partial charge in [0.15, 0.2) is 0 Å². The molecule has 1 N–H and O–H groups in total. The molecule has 0 aliphatic heterocycles. The van der Waals surface area contributed by atoms with E-state index in [0.29, 0.717) is 5.71 Å². The molecule has 0 heterocycles. The first-order valence-electron chi connectivity index (χ1n) is 9.63. The standard InChI is InChI=1S/C24H35N3/c1-9-14-27(22(7)18(3)16-21(6)25)24(26-8)20(5)15-19(4)23-12-10-17(2)11-13-23/h10-13,16,20,25H,4,7,9,14-15H2,1-3,5-6,8H3/b18-16+,25-21?,26-24-. The second kappa shape index (κ2) is 10.7. The Morgan fingerprint density at radius 1 is 1.22 bits per heavy atom. The molecule has 0 spiro atoms. The fraction of sp³-hybridized carbons (Fsp3) is 0.417. The topological polar surface area (TPSA) is 39.5 Å². The summed E-state index contributed by atoms with van der Waals surface area (Å²) < 4.78 is 0. The molecule has 1 rings (SSSR count). The summed E-state index contributed by atoms with van der Waals surface area (Å²) in [5.41, 5.74) is 6.00. The molecule has 0 saturated carbocycles. The van der Waals surface area contributed by atoms with Gasteiger partial charge in [0.2, 0.25) is 0 Å². The number of hydrogen-bond acceptors (Lipinski definition) is 2. The van der Waals surface area contributed by atoms with Crippen molar-refractivity contribution in [1.82, 2.24) is 4.90 Å². The number of nitrogens with zero attached hydrogens (tertiary/aromatic N) is 2. The number of amidine groups is 1. The summed E-state index contributed by atoms with van der Waals surface area (Å²) in [6.07, 6.45) is 3.70. The van der Waals surface area contributed by atoms with Gasteiger partial charge < -0.3 is 10.3 Å². The zero-order valence-corrected chi connectivity index (χ0v) is 17.9. The average molecular weight is 366 g/mol. The maximum atomic E-state index is 7.72. The van der Waals surface area contributed by atoms with Crippen molar-refractivity contribution in [2.75, 3.05) is 13.6 Å². The van der Waals surface area contributed by atoms with Crippen LogP contribution < -0.4 is 0 Å². The molecule has 0 bridgehead atoms. The summed E-state index contributed by atoms with van der Waals surface area (Å²) in [5.74, 6) is 1.24. The molecule has 0 amide bonds. The fourth-order valence-corrected chi connectivity index (χ4v) is 3.21. The van der Waals surface area contributed by atoms with Crippen LogP contribution in [0.5, 0.6) is 0 Å². The molecule has 1 aromatic rings. The van der Waals surface area contributed by atoms with E-state index in [4.69, 9.17) is 5.41 Å². The first-order valence-corrected chi connectivity index (χ1v) is 9.63. The normalized spacial score (nSPS) is 13.3. The zero-order valence-electron chi connectivity index (χ0n) is 17.9. The first-order chi connectivity index (χ1) is 12.7. The Balaban J connectivity index is 3.02. The Morgan fingerprint density at radius 3 is 2.30 bits per heavy atom. The predicted octanol–water partition coefficient (Wildman–Crippen LogP) is 6.27. The highest BCUT2D eigenvalue weighted by Crippen LogP contribution is 2.25. The van der Waals surface area contributed by atoms with Gasteiger partial charge >= 0.3 is 0 Å². The maximum absolute atomic E-state index is 7.72. The van der Waals surface area contributed by atoms with E-state index in [1.54, 1.807) is 6.92 Å². The Hall–Kier alpha value is -2.42. The molecule has 0 radical (unpaired) electrons. The van der Waals surface area contributed by atoms with Crippen LogP contribution in [-0.4, -0.2) is 30.0 Å². The molecule has 3 nitrogen and oxygen atoms in total. The Labute approximate surface area is 165 Å². The molecule has 146 valence electrons. The van der Waals surface area contributed by atoms with E-state index in [1.165, 1.54) is 11.1 Å². The second-order valence-corrected chi connectivity index (χ2v) is 7.27. The van der Waals surface area contributed by atoms with Gasteiger partial charge in [-0.3, -0.25) is 4.99 Å². The number of hydrogen-bond donors (Lipinski definition) is 1. The van der Waals surface area contributed by atoms with Crippen molar-refractivity contribution in [1.29, 1.82) is 5.41 Å². The molecule has 0 aliphatic carbocycles. The van der Waals surface area contributed by atoms with Crippen molar-refractivity contribution in [3.05, 3.63) is 65.9 Å². The smallest absolute Gasteiger partial charge is 0.106 e. The number of nitrogens with one attached hydrogen (secondary N) is 1. The molecule has 0 saturated heterocycles. The van der Waals surface area contributed by atoms with Crippen LogP contribution >= 0.6 is 0 Å². The van der Waals surface area contributed by atoms with Gasteiger partial charge in [0.25, 0.3) is 0 Å². The Kier molecular flexibility index (Phi) is 8.93. The van der Waals surface area contributed by atoms with E-state index in [9.17, 15) is 0 Å². The summed E-state index contributed by atoms with van der Waals surface area (Å²) >= 11 is 0. The summed E-state index contributed by atoms with van der Waals surface area (Å²) in [7, 11) is 1.84.